The molecule has 0 aliphatic carbocycles. The van der Waals surface area contributed by atoms with Crippen LogP contribution in [-0.2, 0) is 47.7 Å². The Kier molecular flexibility index (Phi) is 22.0. The van der Waals surface area contributed by atoms with Gasteiger partial charge in [-0.2, -0.15) is 0 Å². The second-order valence-electron chi connectivity index (χ2n) is 8.06. The number of nitrogens with two attached hydrogens (primary N) is 1. The molecule has 0 aliphatic heterocycles. The fourth-order valence-electron chi connectivity index (χ4n) is 2.82. The third-order valence-corrected chi connectivity index (χ3v) is 4.87. The number of primary amides is 1. The van der Waals surface area contributed by atoms with Crippen LogP contribution in [0.15, 0.2) is 0 Å². The van der Waals surface area contributed by atoms with E-state index in [-0.39, 0.29) is 103 Å². The molecule has 0 spiro atoms. The van der Waals surface area contributed by atoms with E-state index in [1.807, 2.05) is 0 Å². The van der Waals surface area contributed by atoms with Crippen molar-refractivity contribution in [2.75, 3.05) is 73.0 Å². The Morgan fingerprint density at radius 1 is 0.769 bits per heavy atom. The fourth-order valence-corrected chi connectivity index (χ4v) is 2.82. The van der Waals surface area contributed by atoms with Crippen LogP contribution in [0.1, 0.15) is 25.7 Å². The van der Waals surface area contributed by atoms with Crippen molar-refractivity contribution in [3.05, 3.63) is 0 Å². The first-order valence-corrected chi connectivity index (χ1v) is 12.5. The van der Waals surface area contributed by atoms with Gasteiger partial charge in [-0.05, 0) is 19.9 Å². The van der Waals surface area contributed by atoms with Crippen molar-refractivity contribution in [1.82, 2.24) is 21.3 Å². The lowest BCUT2D eigenvalue weighted by molar-refractivity contribution is -0.139. The Morgan fingerprint density at radius 3 is 1.82 bits per heavy atom. The van der Waals surface area contributed by atoms with Gasteiger partial charge < -0.3 is 55.8 Å². The van der Waals surface area contributed by atoms with E-state index in [2.05, 4.69) is 21.3 Å². The Labute approximate surface area is 227 Å². The van der Waals surface area contributed by atoms with E-state index < -0.39 is 29.9 Å². The van der Waals surface area contributed by atoms with Gasteiger partial charge in [0, 0.05) is 25.9 Å². The van der Waals surface area contributed by atoms with E-state index in [4.69, 9.17) is 29.8 Å². The zero-order valence-electron chi connectivity index (χ0n) is 22.2. The average Bonchev–Trinajstić information content (AvgIpc) is 2.89. The second kappa shape index (κ2) is 23.9. The molecule has 224 valence electrons. The summed E-state index contributed by atoms with van der Waals surface area (Å²) in [4.78, 5) is 67.5. The molecule has 16 heteroatoms. The van der Waals surface area contributed by atoms with Gasteiger partial charge >= 0.3 is 5.97 Å². The predicted octanol–water partition coefficient (Wildman–Crippen LogP) is -3.31. The van der Waals surface area contributed by atoms with Gasteiger partial charge in [0.15, 0.2) is 0 Å². The molecule has 0 heterocycles. The minimum Gasteiger partial charge on any atom is -0.480 e. The number of likely N-dealkylation sites (N-methyl/N-ethyl adjacent to an activating group) is 1. The summed E-state index contributed by atoms with van der Waals surface area (Å²) in [5.74, 6) is -2.68. The largest absolute Gasteiger partial charge is 0.480 e. The van der Waals surface area contributed by atoms with Crippen LogP contribution in [0.2, 0.25) is 0 Å². The van der Waals surface area contributed by atoms with Crippen LogP contribution < -0.4 is 27.0 Å². The maximum atomic E-state index is 11.7. The van der Waals surface area contributed by atoms with Crippen LogP contribution in [0.25, 0.3) is 0 Å². The average molecular weight is 564 g/mol. The molecular formula is C23H41N5O11. The number of rotatable bonds is 26. The number of aliphatic carboxylic acids is 1. The molecule has 0 aliphatic rings. The summed E-state index contributed by atoms with van der Waals surface area (Å²) in [5, 5.41) is 19.2. The van der Waals surface area contributed by atoms with Gasteiger partial charge in [0.05, 0.1) is 45.7 Å². The monoisotopic (exact) mass is 563 g/mol. The first-order valence-electron chi connectivity index (χ1n) is 12.5. The lowest BCUT2D eigenvalue weighted by Crippen LogP contribution is -2.39. The highest BCUT2D eigenvalue weighted by Gasteiger charge is 2.16. The zero-order chi connectivity index (χ0) is 29.3. The Bertz CT molecular complexity index is 754. The van der Waals surface area contributed by atoms with E-state index in [1.54, 1.807) is 0 Å². The maximum absolute atomic E-state index is 11.7. The molecule has 39 heavy (non-hydrogen) atoms. The maximum Gasteiger partial charge on any atom is 0.320 e. The van der Waals surface area contributed by atoms with E-state index >= 15 is 0 Å². The molecule has 0 aromatic rings. The molecule has 4 amide bonds. The first kappa shape index (κ1) is 35.8. The van der Waals surface area contributed by atoms with Gasteiger partial charge in [-0.25, -0.2) is 0 Å². The Morgan fingerprint density at radius 2 is 1.31 bits per heavy atom. The quantitative estimate of drug-likeness (QED) is 0.0448. The minimum atomic E-state index is -1.01. The molecule has 0 radical (unpaired) electrons. The number of aldehydes is 1. The highest BCUT2D eigenvalue weighted by molar-refractivity contribution is 5.81. The normalized spacial score (nSPS) is 12.2. The van der Waals surface area contributed by atoms with Crippen LogP contribution >= 0.6 is 0 Å². The second-order valence-corrected chi connectivity index (χ2v) is 8.06. The summed E-state index contributed by atoms with van der Waals surface area (Å²) < 4.78 is 20.9. The van der Waals surface area contributed by atoms with Crippen LogP contribution in [-0.4, -0.2) is 126 Å². The van der Waals surface area contributed by atoms with Crippen LogP contribution in [0.4, 0.5) is 0 Å². The summed E-state index contributed by atoms with van der Waals surface area (Å²) in [6.45, 7) is 1.30. The first-order chi connectivity index (χ1) is 18.7. The molecule has 7 N–H and O–H groups in total. The highest BCUT2D eigenvalue weighted by atomic mass is 16.5. The van der Waals surface area contributed by atoms with Crippen molar-refractivity contribution in [2.45, 2.75) is 37.8 Å². The van der Waals surface area contributed by atoms with E-state index in [1.165, 1.54) is 7.05 Å². The van der Waals surface area contributed by atoms with Gasteiger partial charge in [-0.3, -0.25) is 24.0 Å². The van der Waals surface area contributed by atoms with Crippen molar-refractivity contribution < 1.29 is 52.8 Å². The number of carboxylic acids is 1. The van der Waals surface area contributed by atoms with Crippen LogP contribution in [0, 0.1) is 0 Å². The molecule has 0 rings (SSSR count). The fraction of sp³-hybridized carbons (Fsp3) is 0.739. The minimum absolute atomic E-state index is 0.0173. The standard InChI is InChI=1S/C23H41N5O11/c1-25-18(23(34)35)3-5-20(31)26-6-8-36-10-12-38-15-21(32)27-7-9-37-11-13-39-16-22(33)28-17(14-29)2-4-19(24)30/h14,17-18,25H,2-13,15-16H2,1H3,(H2,24,30)(H,26,31)(H,27,32)(H,28,33)(H,34,35)/t17?,18-/m0/s1. The number of carbonyl (C=O) groups is 6. The number of carbonyl (C=O) groups excluding carboxylic acids is 5. The van der Waals surface area contributed by atoms with Gasteiger partial charge in [0.1, 0.15) is 25.5 Å². The van der Waals surface area contributed by atoms with E-state index in [0.717, 1.165) is 0 Å². The summed E-state index contributed by atoms with van der Waals surface area (Å²) in [6, 6.07) is -1.58. The molecule has 0 bridgehead atoms. The van der Waals surface area contributed by atoms with Crippen molar-refractivity contribution in [3.63, 3.8) is 0 Å². The molecule has 0 saturated carbocycles. The number of hydrogen-bond donors (Lipinski definition) is 6. The summed E-state index contributed by atoms with van der Waals surface area (Å²) in [6.07, 6.45) is 0.896. The number of amides is 4. The number of ether oxygens (including phenoxy) is 4. The molecule has 1 unspecified atom stereocenters. The molecule has 0 fully saturated rings. The lowest BCUT2D eigenvalue weighted by atomic mass is 10.1. The molecule has 0 aromatic heterocycles. The van der Waals surface area contributed by atoms with Crippen molar-refractivity contribution in [2.24, 2.45) is 5.73 Å². The van der Waals surface area contributed by atoms with Gasteiger partial charge in [0.25, 0.3) is 0 Å². The third-order valence-electron chi connectivity index (χ3n) is 4.87. The van der Waals surface area contributed by atoms with E-state index in [0.29, 0.717) is 6.29 Å². The number of nitrogens with one attached hydrogen (secondary N) is 4. The summed E-state index contributed by atoms with van der Waals surface area (Å²) in [5.41, 5.74) is 5.00. The van der Waals surface area contributed by atoms with Crippen LogP contribution in [0.5, 0.6) is 0 Å². The van der Waals surface area contributed by atoms with Crippen molar-refractivity contribution in [3.8, 4) is 0 Å². The third kappa shape index (κ3) is 22.5. The molecule has 0 aromatic carbocycles. The van der Waals surface area contributed by atoms with Crippen molar-refractivity contribution >= 4 is 35.9 Å². The van der Waals surface area contributed by atoms with E-state index in [9.17, 15) is 28.8 Å². The van der Waals surface area contributed by atoms with Crippen LogP contribution in [0.3, 0.4) is 0 Å². The predicted molar refractivity (Wildman–Crippen MR) is 135 cm³/mol. The Hall–Kier alpha value is -3.18. The molecule has 0 saturated heterocycles. The zero-order valence-corrected chi connectivity index (χ0v) is 22.2. The number of hydrogen-bond acceptors (Lipinski definition) is 11. The SMILES string of the molecule is CN[C@@H](CCC(=O)NCCOCCOCC(=O)NCCOCCOCC(=O)NC(C=O)CCC(N)=O)C(=O)O. The Balaban J connectivity index is 3.54. The highest BCUT2D eigenvalue weighted by Crippen LogP contribution is 1.97. The molecule has 16 nitrogen and oxygen atoms in total. The van der Waals surface area contributed by atoms with Gasteiger partial charge in [-0.1, -0.05) is 0 Å². The summed E-state index contributed by atoms with van der Waals surface area (Å²) in [7, 11) is 1.52. The number of carboxylic acid groups (broad SMARTS) is 1. The van der Waals surface area contributed by atoms with Crippen molar-refractivity contribution in [1.29, 1.82) is 0 Å². The smallest absolute Gasteiger partial charge is 0.320 e. The summed E-state index contributed by atoms with van der Waals surface area (Å²) >= 11 is 0. The topological polar surface area (TPSA) is 234 Å². The van der Waals surface area contributed by atoms with Gasteiger partial charge in [-0.15, -0.1) is 0 Å². The molecular weight excluding hydrogens is 522 g/mol. The lowest BCUT2D eigenvalue weighted by Gasteiger charge is -2.12. The van der Waals surface area contributed by atoms with Gasteiger partial charge in [0.2, 0.25) is 23.6 Å². The molecule has 2 atom stereocenters.